The molecule has 3 N–H and O–H groups in total. The van der Waals surface area contributed by atoms with Crippen LogP contribution in [0.2, 0.25) is 0 Å². The van der Waals surface area contributed by atoms with Crippen LogP contribution >= 0.6 is 0 Å². The Labute approximate surface area is 220 Å². The van der Waals surface area contributed by atoms with E-state index in [-0.39, 0.29) is 18.2 Å². The summed E-state index contributed by atoms with van der Waals surface area (Å²) in [5.41, 5.74) is 11.4. The number of benzene rings is 3. The van der Waals surface area contributed by atoms with Crippen molar-refractivity contribution >= 4 is 17.3 Å². The van der Waals surface area contributed by atoms with Gasteiger partial charge in [-0.3, -0.25) is 10.5 Å². The van der Waals surface area contributed by atoms with Gasteiger partial charge in [0.15, 0.2) is 17.9 Å². The van der Waals surface area contributed by atoms with E-state index in [0.29, 0.717) is 47.6 Å². The van der Waals surface area contributed by atoms with Crippen LogP contribution in [0, 0.1) is 11.6 Å². The van der Waals surface area contributed by atoms with Crippen molar-refractivity contribution in [3.05, 3.63) is 88.5 Å². The summed E-state index contributed by atoms with van der Waals surface area (Å²) in [6, 6.07) is 15.6. The van der Waals surface area contributed by atoms with Gasteiger partial charge in [0, 0.05) is 30.9 Å². The van der Waals surface area contributed by atoms with Gasteiger partial charge in [0.2, 0.25) is 0 Å². The molecular weight excluding hydrogens is 488 g/mol. The Balaban J connectivity index is 1.44. The molecule has 0 saturated heterocycles. The quantitative estimate of drug-likeness (QED) is 0.438. The number of hydrogen-bond donors (Lipinski definition) is 2. The molecule has 1 atom stereocenters. The third kappa shape index (κ3) is 5.45. The van der Waals surface area contributed by atoms with Crippen molar-refractivity contribution in [1.82, 2.24) is 9.80 Å². The molecule has 0 aromatic heterocycles. The number of anilines is 1. The summed E-state index contributed by atoms with van der Waals surface area (Å²) >= 11 is 0. The molecule has 0 bridgehead atoms. The number of halogens is 2. The fraction of sp³-hybridized carbons (Fsp3) is 0.310. The number of nitrogens with zero attached hydrogens (tertiary/aromatic N) is 3. The van der Waals surface area contributed by atoms with E-state index >= 15 is 0 Å². The topological polar surface area (TPSA) is 83.2 Å². The Kier molecular flexibility index (Phi) is 7.51. The minimum Gasteiger partial charge on any atom is -0.377 e. The van der Waals surface area contributed by atoms with Gasteiger partial charge in [-0.2, -0.15) is 0 Å². The summed E-state index contributed by atoms with van der Waals surface area (Å²) in [5, 5.41) is 3.08. The summed E-state index contributed by atoms with van der Waals surface area (Å²) in [6.07, 6.45) is 0.0469. The molecule has 0 fully saturated rings. The lowest BCUT2D eigenvalue weighted by molar-refractivity contribution is -0.124. The molecule has 9 heteroatoms. The fourth-order valence-electron chi connectivity index (χ4n) is 4.87. The molecule has 2 heterocycles. The zero-order valence-corrected chi connectivity index (χ0v) is 21.5. The van der Waals surface area contributed by atoms with Crippen LogP contribution in [0.25, 0.3) is 11.1 Å². The van der Waals surface area contributed by atoms with Gasteiger partial charge in [0.25, 0.3) is 5.91 Å². The third-order valence-electron chi connectivity index (χ3n) is 6.79. The summed E-state index contributed by atoms with van der Waals surface area (Å²) in [5.74, 6) is -2.11. The first-order valence-corrected chi connectivity index (χ1v) is 12.6. The summed E-state index contributed by atoms with van der Waals surface area (Å²) in [4.78, 5) is 21.8. The maximum Gasteiger partial charge on any atom is 0.273 e. The van der Waals surface area contributed by atoms with Gasteiger partial charge in [0.1, 0.15) is 5.71 Å². The van der Waals surface area contributed by atoms with Gasteiger partial charge < -0.3 is 19.9 Å². The number of ether oxygens (including phenoxy) is 1. The standard InChI is InChI=1S/C29H31F2N5O2/c1-35(2)10-5-11-38-17-21-13-24(30)25(31)14-22(21)18-8-9-26-23(12-18)27(34-29(32)33-26)28(37)36-15-19-6-3-4-7-20(19)16-36/h3-4,6-9,12-14,29,33H,5,10-11,15-17,32H2,1-2H3. The molecule has 38 heavy (non-hydrogen) atoms. The minimum atomic E-state index is -0.950. The van der Waals surface area contributed by atoms with Gasteiger partial charge in [-0.25, -0.2) is 13.8 Å². The zero-order chi connectivity index (χ0) is 26.8. The van der Waals surface area contributed by atoms with Crippen LogP contribution in [0.5, 0.6) is 0 Å². The zero-order valence-electron chi connectivity index (χ0n) is 21.5. The SMILES string of the molecule is CN(C)CCCOCc1cc(F)c(F)cc1-c1ccc2c(c1)C(C(=O)N1Cc3ccccc3C1)=NC(N)N2. The molecule has 0 spiro atoms. The van der Waals surface area contributed by atoms with Crippen molar-refractivity contribution in [2.24, 2.45) is 10.7 Å². The van der Waals surface area contributed by atoms with E-state index in [1.807, 2.05) is 38.4 Å². The lowest BCUT2D eigenvalue weighted by Crippen LogP contribution is -2.40. The largest absolute Gasteiger partial charge is 0.377 e. The van der Waals surface area contributed by atoms with E-state index < -0.39 is 17.9 Å². The van der Waals surface area contributed by atoms with Crippen molar-refractivity contribution in [3.8, 4) is 11.1 Å². The van der Waals surface area contributed by atoms with Crippen LogP contribution in [0.15, 0.2) is 59.6 Å². The highest BCUT2D eigenvalue weighted by atomic mass is 19.2. The molecule has 1 unspecified atom stereocenters. The van der Waals surface area contributed by atoms with Crippen molar-refractivity contribution < 1.29 is 18.3 Å². The molecule has 198 valence electrons. The van der Waals surface area contributed by atoms with Gasteiger partial charge in [0.05, 0.1) is 6.61 Å². The Morgan fingerprint density at radius 3 is 2.50 bits per heavy atom. The number of amides is 1. The number of rotatable bonds is 8. The van der Waals surface area contributed by atoms with Crippen LogP contribution in [-0.4, -0.2) is 55.0 Å². The molecule has 2 aliphatic heterocycles. The number of fused-ring (bicyclic) bond motifs is 2. The molecule has 0 saturated carbocycles. The Bertz CT molecular complexity index is 1370. The first kappa shape index (κ1) is 26.0. The van der Waals surface area contributed by atoms with Gasteiger partial charge in [-0.1, -0.05) is 30.3 Å². The highest BCUT2D eigenvalue weighted by Crippen LogP contribution is 2.33. The van der Waals surface area contributed by atoms with Crippen molar-refractivity contribution in [2.45, 2.75) is 32.4 Å². The minimum absolute atomic E-state index is 0.131. The molecule has 7 nitrogen and oxygen atoms in total. The predicted octanol–water partition coefficient (Wildman–Crippen LogP) is 4.10. The van der Waals surface area contributed by atoms with E-state index in [9.17, 15) is 13.6 Å². The first-order valence-electron chi connectivity index (χ1n) is 12.6. The third-order valence-corrected chi connectivity index (χ3v) is 6.79. The number of carbonyl (C=O) groups excluding carboxylic acids is 1. The summed E-state index contributed by atoms with van der Waals surface area (Å²) < 4.78 is 34.3. The Morgan fingerprint density at radius 2 is 1.79 bits per heavy atom. The molecule has 0 radical (unpaired) electrons. The molecule has 3 aromatic rings. The van der Waals surface area contributed by atoms with Crippen molar-refractivity contribution in [2.75, 3.05) is 32.6 Å². The molecule has 1 amide bonds. The van der Waals surface area contributed by atoms with Crippen LogP contribution in [0.4, 0.5) is 14.5 Å². The van der Waals surface area contributed by atoms with Crippen LogP contribution in [0.1, 0.15) is 28.7 Å². The van der Waals surface area contributed by atoms with Gasteiger partial charge >= 0.3 is 0 Å². The molecular formula is C29H31F2N5O2. The monoisotopic (exact) mass is 519 g/mol. The normalized spacial score (nSPS) is 16.2. The van der Waals surface area contributed by atoms with Crippen LogP contribution < -0.4 is 11.1 Å². The second-order valence-corrected chi connectivity index (χ2v) is 9.89. The maximum absolute atomic E-state index is 14.4. The second kappa shape index (κ2) is 11.0. The number of nitrogens with one attached hydrogen (secondary N) is 1. The van der Waals surface area contributed by atoms with Gasteiger partial charge in [-0.05, 0) is 79.1 Å². The molecule has 3 aromatic carbocycles. The number of nitrogens with two attached hydrogens (primary N) is 1. The molecule has 2 aliphatic rings. The average Bonchev–Trinajstić information content (AvgIpc) is 3.33. The van der Waals surface area contributed by atoms with Crippen molar-refractivity contribution in [1.29, 1.82) is 0 Å². The predicted molar refractivity (Wildman–Crippen MR) is 143 cm³/mol. The first-order chi connectivity index (χ1) is 18.3. The van der Waals surface area contributed by atoms with Crippen LogP contribution in [0.3, 0.4) is 0 Å². The number of carbonyl (C=O) groups is 1. The molecule has 0 aliphatic carbocycles. The van der Waals surface area contributed by atoms with E-state index in [4.69, 9.17) is 10.5 Å². The number of aliphatic imine (C=N–C) groups is 1. The summed E-state index contributed by atoms with van der Waals surface area (Å²) in [6.45, 7) is 2.47. The van der Waals surface area contributed by atoms with E-state index in [2.05, 4.69) is 15.2 Å². The second-order valence-electron chi connectivity index (χ2n) is 9.89. The van der Waals surface area contributed by atoms with Gasteiger partial charge in [-0.15, -0.1) is 0 Å². The lowest BCUT2D eigenvalue weighted by atomic mass is 9.94. The van der Waals surface area contributed by atoms with Crippen LogP contribution in [-0.2, 0) is 29.2 Å². The van der Waals surface area contributed by atoms with E-state index in [0.717, 1.165) is 24.1 Å². The highest BCUT2D eigenvalue weighted by molar-refractivity contribution is 6.46. The number of hydrogen-bond acceptors (Lipinski definition) is 6. The molecule has 5 rings (SSSR count). The smallest absolute Gasteiger partial charge is 0.273 e. The lowest BCUT2D eigenvalue weighted by Gasteiger charge is -2.26. The van der Waals surface area contributed by atoms with E-state index in [1.54, 1.807) is 23.1 Å². The van der Waals surface area contributed by atoms with Crippen molar-refractivity contribution in [3.63, 3.8) is 0 Å². The highest BCUT2D eigenvalue weighted by Gasteiger charge is 2.31. The Hall–Kier alpha value is -3.66. The summed E-state index contributed by atoms with van der Waals surface area (Å²) in [7, 11) is 3.96. The fourth-order valence-corrected chi connectivity index (χ4v) is 4.87. The Morgan fingerprint density at radius 1 is 1.08 bits per heavy atom. The van der Waals surface area contributed by atoms with E-state index in [1.165, 1.54) is 12.1 Å². The maximum atomic E-state index is 14.4. The average molecular weight is 520 g/mol.